The molecule has 98 valence electrons. The molecule has 0 aliphatic carbocycles. The Balaban J connectivity index is 1.96. The Bertz CT molecular complexity index is 418. The van der Waals surface area contributed by atoms with Gasteiger partial charge in [0.15, 0.2) is 0 Å². The highest BCUT2D eigenvalue weighted by Gasteiger charge is 2.35. The first-order chi connectivity index (χ1) is 8.60. The van der Waals surface area contributed by atoms with Crippen LogP contribution in [0.15, 0.2) is 24.3 Å². The highest BCUT2D eigenvalue weighted by atomic mass is 127. The van der Waals surface area contributed by atoms with E-state index in [-0.39, 0.29) is 11.9 Å². The van der Waals surface area contributed by atoms with Crippen LogP contribution in [0.25, 0.3) is 0 Å². The lowest BCUT2D eigenvalue weighted by atomic mass is 9.99. The van der Waals surface area contributed by atoms with Crippen LogP contribution in [0.5, 0.6) is 0 Å². The largest absolute Gasteiger partial charge is 0.469 e. The molecule has 18 heavy (non-hydrogen) atoms. The van der Waals surface area contributed by atoms with Crippen LogP contribution in [0.4, 0.5) is 0 Å². The van der Waals surface area contributed by atoms with Crippen molar-refractivity contribution in [2.75, 3.05) is 20.2 Å². The van der Waals surface area contributed by atoms with Gasteiger partial charge in [-0.15, -0.1) is 0 Å². The molecule has 0 spiro atoms. The van der Waals surface area contributed by atoms with E-state index in [1.54, 1.807) is 0 Å². The second-order valence-corrected chi connectivity index (χ2v) is 6.17. The number of esters is 1. The zero-order valence-electron chi connectivity index (χ0n) is 10.7. The molecule has 0 amide bonds. The molecule has 0 radical (unpaired) electrons. The second-order valence-electron chi connectivity index (χ2n) is 4.93. The lowest BCUT2D eigenvalue weighted by Gasteiger charge is -2.15. The molecule has 2 rings (SSSR count). The van der Waals surface area contributed by atoms with Crippen LogP contribution in [0.3, 0.4) is 0 Å². The monoisotopic (exact) mass is 359 g/mol. The summed E-state index contributed by atoms with van der Waals surface area (Å²) in [4.78, 5) is 13.9. The number of rotatable bonds is 3. The third-order valence-corrected chi connectivity index (χ3v) is 4.23. The molecule has 0 saturated carbocycles. The first-order valence-corrected chi connectivity index (χ1v) is 7.22. The average Bonchev–Trinajstić information content (AvgIpc) is 2.72. The van der Waals surface area contributed by atoms with Gasteiger partial charge in [0.25, 0.3) is 0 Å². The smallest absolute Gasteiger partial charge is 0.310 e. The quantitative estimate of drug-likeness (QED) is 0.614. The molecule has 1 fully saturated rings. The molecular formula is C14H18INO2. The maximum atomic E-state index is 11.6. The molecule has 0 N–H and O–H groups in total. The van der Waals surface area contributed by atoms with Crippen molar-refractivity contribution in [3.05, 3.63) is 33.4 Å². The van der Waals surface area contributed by atoms with E-state index >= 15 is 0 Å². The SMILES string of the molecule is COC(=O)C1CN(Cc2ccc(I)cc2)CC1C. The Morgan fingerprint density at radius 2 is 2.06 bits per heavy atom. The number of ether oxygens (including phenoxy) is 1. The van der Waals surface area contributed by atoms with Crippen molar-refractivity contribution in [3.63, 3.8) is 0 Å². The fraction of sp³-hybridized carbons (Fsp3) is 0.500. The maximum absolute atomic E-state index is 11.6. The van der Waals surface area contributed by atoms with Crippen LogP contribution in [0.1, 0.15) is 12.5 Å². The lowest BCUT2D eigenvalue weighted by Crippen LogP contribution is -2.24. The van der Waals surface area contributed by atoms with E-state index < -0.39 is 0 Å². The van der Waals surface area contributed by atoms with E-state index in [4.69, 9.17) is 4.74 Å². The number of nitrogens with zero attached hydrogens (tertiary/aromatic N) is 1. The van der Waals surface area contributed by atoms with Crippen LogP contribution < -0.4 is 0 Å². The summed E-state index contributed by atoms with van der Waals surface area (Å²) in [5.41, 5.74) is 1.30. The predicted molar refractivity (Wildman–Crippen MR) is 79.1 cm³/mol. The van der Waals surface area contributed by atoms with Gasteiger partial charge in [0.2, 0.25) is 0 Å². The Labute approximate surface area is 122 Å². The van der Waals surface area contributed by atoms with E-state index in [1.165, 1.54) is 16.2 Å². The minimum atomic E-state index is -0.0763. The Kier molecular flexibility index (Phi) is 4.61. The number of carbonyl (C=O) groups is 1. The Hall–Kier alpha value is -0.620. The topological polar surface area (TPSA) is 29.5 Å². The van der Waals surface area contributed by atoms with E-state index in [2.05, 4.69) is 58.7 Å². The van der Waals surface area contributed by atoms with Crippen LogP contribution >= 0.6 is 22.6 Å². The van der Waals surface area contributed by atoms with E-state index in [9.17, 15) is 4.79 Å². The van der Waals surface area contributed by atoms with E-state index in [0.29, 0.717) is 5.92 Å². The number of carbonyl (C=O) groups excluding carboxylic acids is 1. The zero-order chi connectivity index (χ0) is 13.1. The van der Waals surface area contributed by atoms with Crippen LogP contribution in [-0.2, 0) is 16.1 Å². The molecule has 1 aromatic rings. The molecule has 2 atom stereocenters. The second kappa shape index (κ2) is 6.02. The molecule has 1 aliphatic heterocycles. The average molecular weight is 359 g/mol. The van der Waals surface area contributed by atoms with Crippen LogP contribution in [0.2, 0.25) is 0 Å². The molecule has 3 nitrogen and oxygen atoms in total. The van der Waals surface area contributed by atoms with Gasteiger partial charge in [0, 0.05) is 23.2 Å². The number of hydrogen-bond acceptors (Lipinski definition) is 3. The molecule has 1 aliphatic rings. The summed E-state index contributed by atoms with van der Waals surface area (Å²) in [6.45, 7) is 4.80. The Morgan fingerprint density at radius 3 is 2.67 bits per heavy atom. The van der Waals surface area contributed by atoms with Crippen LogP contribution in [0, 0.1) is 15.4 Å². The number of halogens is 1. The first-order valence-electron chi connectivity index (χ1n) is 6.14. The minimum absolute atomic E-state index is 0.0267. The number of methoxy groups -OCH3 is 1. The van der Waals surface area contributed by atoms with E-state index in [0.717, 1.165) is 19.6 Å². The first kappa shape index (κ1) is 13.8. The summed E-state index contributed by atoms with van der Waals surface area (Å²) >= 11 is 2.31. The highest BCUT2D eigenvalue weighted by molar-refractivity contribution is 14.1. The van der Waals surface area contributed by atoms with Gasteiger partial charge in [-0.2, -0.15) is 0 Å². The molecule has 0 aromatic heterocycles. The Morgan fingerprint density at radius 1 is 1.39 bits per heavy atom. The minimum Gasteiger partial charge on any atom is -0.469 e. The van der Waals surface area contributed by atoms with Gasteiger partial charge in [0.05, 0.1) is 13.0 Å². The van der Waals surface area contributed by atoms with Gasteiger partial charge in [-0.1, -0.05) is 19.1 Å². The molecule has 0 bridgehead atoms. The fourth-order valence-corrected chi connectivity index (χ4v) is 2.86. The van der Waals surface area contributed by atoms with Crippen molar-refractivity contribution < 1.29 is 9.53 Å². The van der Waals surface area contributed by atoms with Crippen molar-refractivity contribution in [2.24, 2.45) is 11.8 Å². The molecular weight excluding hydrogens is 341 g/mol. The van der Waals surface area contributed by atoms with Crippen molar-refractivity contribution in [1.29, 1.82) is 0 Å². The summed E-state index contributed by atoms with van der Waals surface area (Å²) in [5.74, 6) is 0.327. The zero-order valence-corrected chi connectivity index (χ0v) is 12.9. The molecule has 4 heteroatoms. The van der Waals surface area contributed by atoms with Crippen molar-refractivity contribution in [3.8, 4) is 0 Å². The summed E-state index contributed by atoms with van der Waals surface area (Å²) in [7, 11) is 1.47. The number of likely N-dealkylation sites (tertiary alicyclic amines) is 1. The van der Waals surface area contributed by atoms with Gasteiger partial charge in [-0.05, 0) is 46.2 Å². The van der Waals surface area contributed by atoms with Crippen LogP contribution in [-0.4, -0.2) is 31.1 Å². The molecule has 1 aromatic carbocycles. The standard InChI is InChI=1S/C14H18INO2/c1-10-7-16(9-13(10)14(17)18-2)8-11-3-5-12(15)6-4-11/h3-6,10,13H,7-9H2,1-2H3. The molecule has 2 unspecified atom stereocenters. The number of hydrogen-bond donors (Lipinski definition) is 0. The van der Waals surface area contributed by atoms with Gasteiger partial charge < -0.3 is 4.74 Å². The highest BCUT2D eigenvalue weighted by Crippen LogP contribution is 2.25. The van der Waals surface area contributed by atoms with Crippen molar-refractivity contribution >= 4 is 28.6 Å². The van der Waals surface area contributed by atoms with Gasteiger partial charge >= 0.3 is 5.97 Å². The third kappa shape index (κ3) is 3.23. The van der Waals surface area contributed by atoms with E-state index in [1.807, 2.05) is 0 Å². The molecule has 1 saturated heterocycles. The van der Waals surface area contributed by atoms with Gasteiger partial charge in [0.1, 0.15) is 0 Å². The molecule has 1 heterocycles. The summed E-state index contributed by atoms with van der Waals surface area (Å²) in [5, 5.41) is 0. The predicted octanol–water partition coefficient (Wildman–Crippen LogP) is 2.53. The van der Waals surface area contributed by atoms with Gasteiger partial charge in [-0.25, -0.2) is 0 Å². The lowest BCUT2D eigenvalue weighted by molar-refractivity contribution is -0.146. The fourth-order valence-electron chi connectivity index (χ4n) is 2.50. The normalized spacial score (nSPS) is 24.2. The summed E-state index contributed by atoms with van der Waals surface area (Å²) in [6, 6.07) is 8.54. The third-order valence-electron chi connectivity index (χ3n) is 3.51. The van der Waals surface area contributed by atoms with Gasteiger partial charge in [-0.3, -0.25) is 9.69 Å². The summed E-state index contributed by atoms with van der Waals surface area (Å²) in [6.07, 6.45) is 0. The van der Waals surface area contributed by atoms with Crippen molar-refractivity contribution in [2.45, 2.75) is 13.5 Å². The number of benzene rings is 1. The van der Waals surface area contributed by atoms with Crippen molar-refractivity contribution in [1.82, 2.24) is 4.90 Å². The maximum Gasteiger partial charge on any atom is 0.310 e. The summed E-state index contributed by atoms with van der Waals surface area (Å²) < 4.78 is 6.10.